The van der Waals surface area contributed by atoms with Gasteiger partial charge in [-0.2, -0.15) is 0 Å². The quantitative estimate of drug-likeness (QED) is 0.151. The molecule has 0 bridgehead atoms. The summed E-state index contributed by atoms with van der Waals surface area (Å²) in [5.41, 5.74) is 15.9. The molecular formula is C21H37N6O6. The number of rotatable bonds is 16. The van der Waals surface area contributed by atoms with Crippen molar-refractivity contribution >= 4 is 35.8 Å². The smallest absolute Gasteiger partial charge is 0.243 e. The Bertz CT molecular complexity index is 713. The van der Waals surface area contributed by atoms with Gasteiger partial charge in [-0.15, -0.1) is 0 Å². The molecule has 0 aliphatic carbocycles. The maximum Gasteiger partial charge on any atom is 0.243 e. The zero-order chi connectivity index (χ0) is 25.7. The minimum Gasteiger partial charge on any atom is -0.370 e. The number of nitrogens with one attached hydrogen (secondary N) is 3. The van der Waals surface area contributed by atoms with Crippen LogP contribution in [0.5, 0.6) is 0 Å². The molecule has 5 amide bonds. The van der Waals surface area contributed by atoms with Crippen LogP contribution in [-0.4, -0.2) is 60.0 Å². The van der Waals surface area contributed by atoms with Crippen molar-refractivity contribution < 1.29 is 28.8 Å². The topological polar surface area (TPSA) is 217 Å². The second-order valence-electron chi connectivity index (χ2n) is 8.40. The third-order valence-electron chi connectivity index (χ3n) is 5.22. The third kappa shape index (κ3) is 11.4. The molecule has 1 radical (unpaired) electrons. The predicted molar refractivity (Wildman–Crippen MR) is 121 cm³/mol. The zero-order valence-electron chi connectivity index (χ0n) is 19.7. The molecule has 9 N–H and O–H groups in total. The Balaban J connectivity index is 5.34. The van der Waals surface area contributed by atoms with Gasteiger partial charge in [0.05, 0.1) is 12.1 Å². The molecule has 12 heteroatoms. The minimum absolute atomic E-state index is 0.0158. The van der Waals surface area contributed by atoms with Gasteiger partial charge in [0.25, 0.3) is 0 Å². The van der Waals surface area contributed by atoms with Crippen LogP contribution >= 0.6 is 0 Å². The highest BCUT2D eigenvalue weighted by Crippen LogP contribution is 2.11. The Labute approximate surface area is 194 Å². The summed E-state index contributed by atoms with van der Waals surface area (Å²) in [5, 5.41) is 7.64. The fourth-order valence-corrected chi connectivity index (χ4v) is 2.88. The predicted octanol–water partition coefficient (Wildman–Crippen LogP) is -1.89. The first kappa shape index (κ1) is 30.0. The van der Waals surface area contributed by atoms with E-state index in [-0.39, 0.29) is 37.5 Å². The molecule has 5 atom stereocenters. The fraction of sp³-hybridized carbons (Fsp3) is 0.714. The number of hydrogen-bond donors (Lipinski definition) is 6. The number of carbonyl (C=O) groups excluding carboxylic acids is 6. The van der Waals surface area contributed by atoms with Gasteiger partial charge < -0.3 is 33.2 Å². The van der Waals surface area contributed by atoms with Crippen molar-refractivity contribution in [1.29, 1.82) is 0 Å². The van der Waals surface area contributed by atoms with E-state index in [4.69, 9.17) is 17.2 Å². The molecule has 0 aromatic carbocycles. The van der Waals surface area contributed by atoms with E-state index in [1.165, 1.54) is 0 Å². The Morgan fingerprint density at radius 1 is 0.788 bits per heavy atom. The molecular weight excluding hydrogens is 432 g/mol. The lowest BCUT2D eigenvalue weighted by Gasteiger charge is -2.29. The van der Waals surface area contributed by atoms with E-state index >= 15 is 0 Å². The molecule has 0 rings (SSSR count). The summed E-state index contributed by atoms with van der Waals surface area (Å²) in [5.74, 6) is -3.73. The van der Waals surface area contributed by atoms with E-state index in [0.717, 1.165) is 0 Å². The van der Waals surface area contributed by atoms with Crippen LogP contribution in [0.15, 0.2) is 0 Å². The Morgan fingerprint density at radius 2 is 1.27 bits per heavy atom. The molecule has 33 heavy (non-hydrogen) atoms. The van der Waals surface area contributed by atoms with Gasteiger partial charge in [0.2, 0.25) is 35.8 Å². The number of carbonyl (C=O) groups is 5. The maximum atomic E-state index is 13.0. The maximum absolute atomic E-state index is 13.0. The lowest BCUT2D eigenvalue weighted by atomic mass is 9.96. The molecule has 0 aliphatic rings. The van der Waals surface area contributed by atoms with Crippen LogP contribution in [0.4, 0.5) is 0 Å². The van der Waals surface area contributed by atoms with Crippen molar-refractivity contribution in [3.05, 3.63) is 0 Å². The normalized spacial score (nSPS) is 15.5. The molecule has 0 fully saturated rings. The Morgan fingerprint density at radius 3 is 1.73 bits per heavy atom. The molecule has 0 spiro atoms. The SMILES string of the molecule is CC[C@H](C)[C@H](NC(=O)[C@@H](N)CCC(N)=O)C(=O)N[C@H](C(=O)N[C@H]([C]=O)CCC(N)=O)C(C)C. The molecule has 12 nitrogen and oxygen atoms in total. The number of amides is 5. The zero-order valence-corrected chi connectivity index (χ0v) is 19.7. The lowest BCUT2D eigenvalue weighted by Crippen LogP contribution is -2.59. The summed E-state index contributed by atoms with van der Waals surface area (Å²) in [4.78, 5) is 71.1. The Hall–Kier alpha value is -3.02. The van der Waals surface area contributed by atoms with Gasteiger partial charge in [-0.25, -0.2) is 0 Å². The van der Waals surface area contributed by atoms with E-state index in [2.05, 4.69) is 16.0 Å². The first-order valence-electron chi connectivity index (χ1n) is 10.9. The van der Waals surface area contributed by atoms with Crippen LogP contribution in [0.25, 0.3) is 0 Å². The van der Waals surface area contributed by atoms with Gasteiger partial charge in [0.15, 0.2) is 0 Å². The van der Waals surface area contributed by atoms with E-state index in [9.17, 15) is 28.8 Å². The van der Waals surface area contributed by atoms with Crippen LogP contribution in [0, 0.1) is 11.8 Å². The summed E-state index contributed by atoms with van der Waals surface area (Å²) in [7, 11) is 0. The van der Waals surface area contributed by atoms with E-state index in [1.807, 2.05) is 6.92 Å². The number of primary amides is 2. The van der Waals surface area contributed by atoms with Gasteiger partial charge in [-0.1, -0.05) is 34.1 Å². The first-order valence-corrected chi connectivity index (χ1v) is 10.9. The van der Waals surface area contributed by atoms with Crippen molar-refractivity contribution in [3.8, 4) is 0 Å². The molecule has 0 heterocycles. The summed E-state index contributed by atoms with van der Waals surface area (Å²) in [6, 6.07) is -4.10. The average Bonchev–Trinajstić information content (AvgIpc) is 2.75. The molecule has 0 aromatic rings. The second kappa shape index (κ2) is 14.9. The lowest BCUT2D eigenvalue weighted by molar-refractivity contribution is -0.134. The van der Waals surface area contributed by atoms with Crippen molar-refractivity contribution in [2.75, 3.05) is 0 Å². The summed E-state index contributed by atoms with van der Waals surface area (Å²) in [6.07, 6.45) is 2.01. The van der Waals surface area contributed by atoms with Crippen molar-refractivity contribution in [1.82, 2.24) is 16.0 Å². The molecule has 187 valence electrons. The highest BCUT2D eigenvalue weighted by atomic mass is 16.2. The third-order valence-corrected chi connectivity index (χ3v) is 5.22. The highest BCUT2D eigenvalue weighted by molar-refractivity contribution is 5.94. The summed E-state index contributed by atoms with van der Waals surface area (Å²) in [6.45, 7) is 6.99. The molecule has 0 saturated carbocycles. The molecule has 0 aromatic heterocycles. The van der Waals surface area contributed by atoms with Gasteiger partial charge in [0.1, 0.15) is 12.1 Å². The van der Waals surface area contributed by atoms with Crippen molar-refractivity contribution in [2.24, 2.45) is 29.0 Å². The summed E-state index contributed by atoms with van der Waals surface area (Å²) < 4.78 is 0. The van der Waals surface area contributed by atoms with Gasteiger partial charge in [0, 0.05) is 12.8 Å². The minimum atomic E-state index is -1.06. The fourth-order valence-electron chi connectivity index (χ4n) is 2.88. The van der Waals surface area contributed by atoms with Gasteiger partial charge in [-0.05, 0) is 24.7 Å². The van der Waals surface area contributed by atoms with Crippen LogP contribution in [0.3, 0.4) is 0 Å². The monoisotopic (exact) mass is 469 g/mol. The number of nitrogens with two attached hydrogens (primary N) is 3. The highest BCUT2D eigenvalue weighted by Gasteiger charge is 2.33. The molecule has 0 aliphatic heterocycles. The molecule has 0 saturated heterocycles. The van der Waals surface area contributed by atoms with E-state index < -0.39 is 53.7 Å². The standard InChI is InChI=1S/C21H37N6O6/c1-5-12(4)18(27-19(31)14(22)7-9-16(24)30)21(33)26-17(11(2)3)20(32)25-13(10-28)6-8-15(23)29/h11-14,17-18H,5-9,22H2,1-4H3,(H2,23,29)(H2,24,30)(H,25,32)(H,26,33)(H,27,31)/t12-,13-,14-,17-,18-/m0/s1. The summed E-state index contributed by atoms with van der Waals surface area (Å²) >= 11 is 0. The van der Waals surface area contributed by atoms with Gasteiger partial charge in [-0.3, -0.25) is 28.8 Å². The van der Waals surface area contributed by atoms with E-state index in [1.54, 1.807) is 27.1 Å². The first-order chi connectivity index (χ1) is 15.3. The Kier molecular flexibility index (Phi) is 13.6. The van der Waals surface area contributed by atoms with Crippen LogP contribution in [0.1, 0.15) is 59.8 Å². The van der Waals surface area contributed by atoms with E-state index in [0.29, 0.717) is 6.42 Å². The van der Waals surface area contributed by atoms with Crippen molar-refractivity contribution in [3.63, 3.8) is 0 Å². The van der Waals surface area contributed by atoms with Crippen molar-refractivity contribution in [2.45, 2.75) is 84.0 Å². The molecule has 0 unspecified atom stereocenters. The number of hydrogen-bond acceptors (Lipinski definition) is 7. The van der Waals surface area contributed by atoms with Crippen LogP contribution in [0.2, 0.25) is 0 Å². The van der Waals surface area contributed by atoms with Crippen LogP contribution < -0.4 is 33.2 Å². The van der Waals surface area contributed by atoms with Gasteiger partial charge >= 0.3 is 0 Å². The average molecular weight is 470 g/mol. The van der Waals surface area contributed by atoms with Crippen LogP contribution in [-0.2, 0) is 28.8 Å². The second-order valence-corrected chi connectivity index (χ2v) is 8.40. The largest absolute Gasteiger partial charge is 0.370 e.